The summed E-state index contributed by atoms with van der Waals surface area (Å²) in [7, 11) is 2.20. The molecule has 15 heavy (non-hydrogen) atoms. The molecule has 1 aromatic rings. The van der Waals surface area contributed by atoms with Gasteiger partial charge >= 0.3 is 0 Å². The van der Waals surface area contributed by atoms with Gasteiger partial charge in [0.25, 0.3) is 0 Å². The van der Waals surface area contributed by atoms with Crippen molar-refractivity contribution in [3.8, 4) is 0 Å². The first-order valence-electron chi connectivity index (χ1n) is 5.41. The van der Waals surface area contributed by atoms with E-state index in [2.05, 4.69) is 39.9 Å². The van der Waals surface area contributed by atoms with Gasteiger partial charge < -0.3 is 14.6 Å². The molecule has 0 aliphatic carbocycles. The molecule has 1 N–H and O–H groups in total. The van der Waals surface area contributed by atoms with Crippen molar-refractivity contribution in [2.24, 2.45) is 0 Å². The molecule has 1 aliphatic rings. The SMILES string of the molecule is CN1CCCC1CNCc1ccc(I)o1. The molecule has 0 saturated carbocycles. The van der Waals surface area contributed by atoms with Crippen LogP contribution in [0.2, 0.25) is 0 Å². The zero-order valence-corrected chi connectivity index (χ0v) is 11.2. The van der Waals surface area contributed by atoms with Gasteiger partial charge in [-0.05, 0) is 61.2 Å². The molecule has 1 unspecified atom stereocenters. The quantitative estimate of drug-likeness (QED) is 0.861. The van der Waals surface area contributed by atoms with Crippen LogP contribution >= 0.6 is 22.6 Å². The zero-order chi connectivity index (χ0) is 10.7. The van der Waals surface area contributed by atoms with E-state index in [1.54, 1.807) is 0 Å². The second-order valence-electron chi connectivity index (χ2n) is 4.11. The van der Waals surface area contributed by atoms with Crippen molar-refractivity contribution in [2.45, 2.75) is 25.4 Å². The lowest BCUT2D eigenvalue weighted by molar-refractivity contribution is 0.297. The van der Waals surface area contributed by atoms with E-state index < -0.39 is 0 Å². The molecule has 0 amide bonds. The van der Waals surface area contributed by atoms with Crippen molar-refractivity contribution in [1.29, 1.82) is 0 Å². The van der Waals surface area contributed by atoms with Gasteiger partial charge in [0.1, 0.15) is 5.76 Å². The van der Waals surface area contributed by atoms with Crippen LogP contribution in [0.5, 0.6) is 0 Å². The Morgan fingerprint density at radius 1 is 1.60 bits per heavy atom. The van der Waals surface area contributed by atoms with Crippen molar-refractivity contribution >= 4 is 22.6 Å². The summed E-state index contributed by atoms with van der Waals surface area (Å²) in [4.78, 5) is 2.43. The Morgan fingerprint density at radius 2 is 2.47 bits per heavy atom. The Kier molecular flexibility index (Phi) is 4.05. The summed E-state index contributed by atoms with van der Waals surface area (Å²) < 4.78 is 6.45. The van der Waals surface area contributed by atoms with Gasteiger partial charge in [-0.1, -0.05) is 0 Å². The third-order valence-corrected chi connectivity index (χ3v) is 3.56. The number of halogens is 1. The van der Waals surface area contributed by atoms with E-state index >= 15 is 0 Å². The summed E-state index contributed by atoms with van der Waals surface area (Å²) >= 11 is 2.19. The maximum absolute atomic E-state index is 5.49. The molecule has 2 rings (SSSR count). The molecule has 1 saturated heterocycles. The number of nitrogens with zero attached hydrogens (tertiary/aromatic N) is 1. The maximum Gasteiger partial charge on any atom is 0.164 e. The van der Waals surface area contributed by atoms with Gasteiger partial charge in [0.05, 0.1) is 6.54 Å². The number of hydrogen-bond donors (Lipinski definition) is 1. The fraction of sp³-hybridized carbons (Fsp3) is 0.636. The van der Waals surface area contributed by atoms with Gasteiger partial charge in [0.2, 0.25) is 0 Å². The predicted molar refractivity (Wildman–Crippen MR) is 68.8 cm³/mol. The molecule has 1 aliphatic heterocycles. The van der Waals surface area contributed by atoms with Crippen LogP contribution in [-0.4, -0.2) is 31.1 Å². The van der Waals surface area contributed by atoms with Gasteiger partial charge in [-0.2, -0.15) is 0 Å². The van der Waals surface area contributed by atoms with E-state index in [1.165, 1.54) is 19.4 Å². The first-order valence-corrected chi connectivity index (χ1v) is 6.49. The summed E-state index contributed by atoms with van der Waals surface area (Å²) in [5.74, 6) is 1.03. The smallest absolute Gasteiger partial charge is 0.164 e. The van der Waals surface area contributed by atoms with Crippen LogP contribution in [-0.2, 0) is 6.54 Å². The Labute approximate surface area is 104 Å². The summed E-state index contributed by atoms with van der Waals surface area (Å²) in [6, 6.07) is 4.74. The first-order chi connectivity index (χ1) is 7.25. The van der Waals surface area contributed by atoms with Crippen molar-refractivity contribution in [3.05, 3.63) is 21.7 Å². The Bertz CT molecular complexity index is 313. The lowest BCUT2D eigenvalue weighted by Gasteiger charge is -2.19. The number of nitrogens with one attached hydrogen (secondary N) is 1. The third kappa shape index (κ3) is 3.19. The molecule has 1 fully saturated rings. The molecule has 4 heteroatoms. The fourth-order valence-corrected chi connectivity index (χ4v) is 2.51. The third-order valence-electron chi connectivity index (χ3n) is 2.98. The molecule has 0 bridgehead atoms. The van der Waals surface area contributed by atoms with Crippen LogP contribution in [0.25, 0.3) is 0 Å². The standard InChI is InChI=1S/C11H17IN2O/c1-14-6-2-3-9(14)7-13-8-10-4-5-11(12)15-10/h4-5,9,13H,2-3,6-8H2,1H3. The fourth-order valence-electron chi connectivity index (χ4n) is 2.05. The van der Waals surface area contributed by atoms with Crippen molar-refractivity contribution < 1.29 is 4.42 Å². The average Bonchev–Trinajstić information content (AvgIpc) is 2.77. The van der Waals surface area contributed by atoms with E-state index in [4.69, 9.17) is 4.42 Å². The molecule has 0 radical (unpaired) electrons. The molecule has 3 nitrogen and oxygen atoms in total. The molecule has 84 valence electrons. The molecular weight excluding hydrogens is 303 g/mol. The molecule has 1 aromatic heterocycles. The number of likely N-dealkylation sites (N-methyl/N-ethyl adjacent to an activating group) is 1. The van der Waals surface area contributed by atoms with Crippen molar-refractivity contribution in [1.82, 2.24) is 10.2 Å². The lowest BCUT2D eigenvalue weighted by atomic mass is 10.2. The van der Waals surface area contributed by atoms with Crippen LogP contribution < -0.4 is 5.32 Å². The first kappa shape index (κ1) is 11.4. The van der Waals surface area contributed by atoms with Gasteiger partial charge in [-0.25, -0.2) is 0 Å². The molecule has 0 aromatic carbocycles. The van der Waals surface area contributed by atoms with Crippen molar-refractivity contribution in [2.75, 3.05) is 20.1 Å². The predicted octanol–water partition coefficient (Wildman–Crippen LogP) is 2.07. The molecule has 2 heterocycles. The van der Waals surface area contributed by atoms with Gasteiger partial charge in [0, 0.05) is 12.6 Å². The highest BCUT2D eigenvalue weighted by atomic mass is 127. The van der Waals surface area contributed by atoms with Crippen molar-refractivity contribution in [3.63, 3.8) is 0 Å². The van der Waals surface area contributed by atoms with Crippen LogP contribution in [0, 0.1) is 3.77 Å². The van der Waals surface area contributed by atoms with E-state index in [0.29, 0.717) is 6.04 Å². The number of furan rings is 1. The van der Waals surface area contributed by atoms with Gasteiger partial charge in [-0.3, -0.25) is 0 Å². The van der Waals surface area contributed by atoms with Crippen LogP contribution in [0.3, 0.4) is 0 Å². The average molecular weight is 320 g/mol. The van der Waals surface area contributed by atoms with Gasteiger partial charge in [0.15, 0.2) is 3.77 Å². The maximum atomic E-state index is 5.49. The summed E-state index contributed by atoms with van der Waals surface area (Å²) in [5, 5.41) is 3.45. The zero-order valence-electron chi connectivity index (χ0n) is 9.00. The number of rotatable bonds is 4. The highest BCUT2D eigenvalue weighted by molar-refractivity contribution is 14.1. The summed E-state index contributed by atoms with van der Waals surface area (Å²) in [6.45, 7) is 3.14. The van der Waals surface area contributed by atoms with Crippen LogP contribution in [0.15, 0.2) is 16.5 Å². The highest BCUT2D eigenvalue weighted by Crippen LogP contribution is 2.14. The van der Waals surface area contributed by atoms with E-state index in [1.807, 2.05) is 12.1 Å². The van der Waals surface area contributed by atoms with Crippen LogP contribution in [0.4, 0.5) is 0 Å². The normalized spacial score (nSPS) is 22.4. The summed E-state index contributed by atoms with van der Waals surface area (Å²) in [5.41, 5.74) is 0. The molecule has 1 atom stereocenters. The number of hydrogen-bond acceptors (Lipinski definition) is 3. The van der Waals surface area contributed by atoms with Crippen LogP contribution in [0.1, 0.15) is 18.6 Å². The van der Waals surface area contributed by atoms with E-state index in [-0.39, 0.29) is 0 Å². The molecular formula is C11H17IN2O. The second kappa shape index (κ2) is 5.32. The second-order valence-corrected chi connectivity index (χ2v) is 5.18. The monoisotopic (exact) mass is 320 g/mol. The minimum absolute atomic E-state index is 0.707. The molecule has 0 spiro atoms. The minimum atomic E-state index is 0.707. The van der Waals surface area contributed by atoms with Gasteiger partial charge in [-0.15, -0.1) is 0 Å². The largest absolute Gasteiger partial charge is 0.454 e. The Hall–Kier alpha value is -0.0700. The summed E-state index contributed by atoms with van der Waals surface area (Å²) in [6.07, 6.45) is 2.65. The highest BCUT2D eigenvalue weighted by Gasteiger charge is 2.19. The minimum Gasteiger partial charge on any atom is -0.454 e. The Balaban J connectivity index is 1.70. The van der Waals surface area contributed by atoms with E-state index in [9.17, 15) is 0 Å². The lowest BCUT2D eigenvalue weighted by Crippen LogP contribution is -2.35. The van der Waals surface area contributed by atoms with E-state index in [0.717, 1.165) is 22.6 Å². The number of likely N-dealkylation sites (tertiary alicyclic amines) is 1. The Morgan fingerprint density at radius 3 is 3.07 bits per heavy atom. The topological polar surface area (TPSA) is 28.4 Å².